The van der Waals surface area contributed by atoms with Crippen LogP contribution in [0.2, 0.25) is 0 Å². The third-order valence-electron chi connectivity index (χ3n) is 5.29. The maximum absolute atomic E-state index is 12.5. The normalized spacial score (nSPS) is 14.7. The van der Waals surface area contributed by atoms with Crippen molar-refractivity contribution in [3.8, 4) is 5.75 Å². The van der Waals surface area contributed by atoms with Crippen molar-refractivity contribution >= 4 is 22.8 Å². The van der Waals surface area contributed by atoms with E-state index in [0.717, 1.165) is 35.8 Å². The highest BCUT2D eigenvalue weighted by Crippen LogP contribution is 2.30. The first-order valence-corrected chi connectivity index (χ1v) is 9.77. The molecule has 0 unspecified atom stereocenters. The van der Waals surface area contributed by atoms with Gasteiger partial charge in [0, 0.05) is 17.0 Å². The molecule has 7 heteroatoms. The Bertz CT molecular complexity index is 1170. The van der Waals surface area contributed by atoms with Gasteiger partial charge in [-0.25, -0.2) is 9.59 Å². The fourth-order valence-electron chi connectivity index (χ4n) is 3.79. The average molecular weight is 407 g/mol. The highest BCUT2D eigenvalue weighted by molar-refractivity contribution is 5.87. The Morgan fingerprint density at radius 2 is 1.83 bits per heavy atom. The van der Waals surface area contributed by atoms with Crippen LogP contribution in [0.4, 0.5) is 0 Å². The molecule has 2 N–H and O–H groups in total. The molecule has 3 aromatic rings. The number of carbonyl (C=O) groups excluding carboxylic acids is 1. The maximum atomic E-state index is 12.5. The summed E-state index contributed by atoms with van der Waals surface area (Å²) in [5.74, 6) is -1.37. The van der Waals surface area contributed by atoms with Crippen LogP contribution in [0.25, 0.3) is 11.0 Å². The van der Waals surface area contributed by atoms with Crippen molar-refractivity contribution in [3.05, 3.63) is 75.6 Å². The second-order valence-corrected chi connectivity index (χ2v) is 7.31. The Balaban J connectivity index is 1.51. The average Bonchev–Trinajstić information content (AvgIpc) is 3.23. The molecule has 1 amide bonds. The van der Waals surface area contributed by atoms with Crippen LogP contribution in [0.1, 0.15) is 36.1 Å². The molecule has 30 heavy (non-hydrogen) atoms. The molecule has 7 nitrogen and oxygen atoms in total. The van der Waals surface area contributed by atoms with Gasteiger partial charge in [-0.3, -0.25) is 4.79 Å². The standard InChI is InChI=1S/C23H21NO6/c1-13(21(25)24-20(22(26)27)14-6-3-2-4-7-14)29-15-10-11-17-16-8-5-9-18(16)23(28)30-19(17)12-15/h2-4,6-7,10-13,20H,5,8-9H2,1H3,(H,24,25)(H,26,27)/t13-,20-/m0/s1. The fourth-order valence-corrected chi connectivity index (χ4v) is 3.79. The summed E-state index contributed by atoms with van der Waals surface area (Å²) in [6, 6.07) is 12.4. The van der Waals surface area contributed by atoms with Gasteiger partial charge in [0.05, 0.1) is 0 Å². The van der Waals surface area contributed by atoms with E-state index in [-0.39, 0.29) is 5.63 Å². The van der Waals surface area contributed by atoms with Crippen molar-refractivity contribution in [2.75, 3.05) is 0 Å². The minimum absolute atomic E-state index is 0.329. The number of carbonyl (C=O) groups is 2. The summed E-state index contributed by atoms with van der Waals surface area (Å²) in [6.45, 7) is 1.53. The molecule has 1 heterocycles. The van der Waals surface area contributed by atoms with Crippen LogP contribution in [0.5, 0.6) is 5.75 Å². The number of rotatable bonds is 6. The number of nitrogens with one attached hydrogen (secondary N) is 1. The number of carboxylic acids is 1. The summed E-state index contributed by atoms with van der Waals surface area (Å²) >= 11 is 0. The number of aliphatic carboxylic acids is 1. The van der Waals surface area contributed by atoms with Gasteiger partial charge in [0.25, 0.3) is 5.91 Å². The molecule has 1 aliphatic rings. The van der Waals surface area contributed by atoms with Crippen LogP contribution in [-0.4, -0.2) is 23.1 Å². The number of amides is 1. The van der Waals surface area contributed by atoms with Gasteiger partial charge < -0.3 is 19.6 Å². The van der Waals surface area contributed by atoms with Crippen LogP contribution >= 0.6 is 0 Å². The van der Waals surface area contributed by atoms with Crippen LogP contribution < -0.4 is 15.7 Å². The molecule has 0 saturated heterocycles. The van der Waals surface area contributed by atoms with Gasteiger partial charge >= 0.3 is 11.6 Å². The molecule has 0 spiro atoms. The first-order valence-electron chi connectivity index (χ1n) is 9.77. The monoisotopic (exact) mass is 407 g/mol. The minimum atomic E-state index is -1.18. The predicted molar refractivity (Wildman–Crippen MR) is 110 cm³/mol. The summed E-state index contributed by atoms with van der Waals surface area (Å²) in [7, 11) is 0. The number of ether oxygens (including phenoxy) is 1. The van der Waals surface area contributed by atoms with Gasteiger partial charge in [0.1, 0.15) is 11.3 Å². The Morgan fingerprint density at radius 1 is 1.10 bits per heavy atom. The van der Waals surface area contributed by atoms with Crippen molar-refractivity contribution in [2.24, 2.45) is 0 Å². The number of benzene rings is 2. The molecule has 1 aromatic heterocycles. The Labute approximate surface area is 172 Å². The zero-order chi connectivity index (χ0) is 21.3. The molecular formula is C23H21NO6. The van der Waals surface area contributed by atoms with Gasteiger partial charge in [-0.2, -0.15) is 0 Å². The molecule has 2 atom stereocenters. The lowest BCUT2D eigenvalue weighted by Gasteiger charge is -2.19. The van der Waals surface area contributed by atoms with Crippen molar-refractivity contribution in [1.29, 1.82) is 0 Å². The second-order valence-electron chi connectivity index (χ2n) is 7.31. The molecular weight excluding hydrogens is 386 g/mol. The summed E-state index contributed by atoms with van der Waals surface area (Å²) < 4.78 is 11.1. The van der Waals surface area contributed by atoms with E-state index in [1.807, 2.05) is 6.07 Å². The lowest BCUT2D eigenvalue weighted by Crippen LogP contribution is -2.41. The van der Waals surface area contributed by atoms with E-state index in [0.29, 0.717) is 16.9 Å². The molecule has 2 aromatic carbocycles. The summed E-state index contributed by atoms with van der Waals surface area (Å²) in [4.78, 5) is 36.3. The lowest BCUT2D eigenvalue weighted by molar-refractivity contribution is -0.143. The molecule has 0 radical (unpaired) electrons. The SMILES string of the molecule is C[C@H](Oc1ccc2c3c(c(=O)oc2c1)CCC3)C(=O)N[C@H](C(=O)O)c1ccccc1. The Morgan fingerprint density at radius 3 is 2.57 bits per heavy atom. The molecule has 4 rings (SSSR count). The van der Waals surface area contributed by atoms with Crippen molar-refractivity contribution in [1.82, 2.24) is 5.32 Å². The van der Waals surface area contributed by atoms with E-state index >= 15 is 0 Å². The quantitative estimate of drug-likeness (QED) is 0.609. The molecule has 1 aliphatic carbocycles. The highest BCUT2D eigenvalue weighted by atomic mass is 16.5. The largest absolute Gasteiger partial charge is 0.481 e. The van der Waals surface area contributed by atoms with E-state index in [2.05, 4.69) is 5.32 Å². The van der Waals surface area contributed by atoms with Crippen LogP contribution in [-0.2, 0) is 22.4 Å². The third-order valence-corrected chi connectivity index (χ3v) is 5.29. The smallest absolute Gasteiger partial charge is 0.339 e. The number of carboxylic acid groups (broad SMARTS) is 1. The zero-order valence-corrected chi connectivity index (χ0v) is 16.4. The topological polar surface area (TPSA) is 106 Å². The van der Waals surface area contributed by atoms with E-state index in [9.17, 15) is 19.5 Å². The van der Waals surface area contributed by atoms with Crippen LogP contribution in [0, 0.1) is 0 Å². The number of fused-ring (bicyclic) bond motifs is 3. The maximum Gasteiger partial charge on any atom is 0.339 e. The molecule has 0 fully saturated rings. The number of hydrogen-bond donors (Lipinski definition) is 2. The Hall–Kier alpha value is -3.61. The van der Waals surface area contributed by atoms with Crippen molar-refractivity contribution in [3.63, 3.8) is 0 Å². The molecule has 0 saturated carbocycles. The zero-order valence-electron chi connectivity index (χ0n) is 16.4. The Kier molecular flexibility index (Phi) is 5.27. The van der Waals surface area contributed by atoms with Gasteiger partial charge in [0.15, 0.2) is 12.1 Å². The van der Waals surface area contributed by atoms with E-state index < -0.39 is 24.0 Å². The van der Waals surface area contributed by atoms with Crippen molar-refractivity contribution in [2.45, 2.75) is 38.3 Å². The van der Waals surface area contributed by atoms with Crippen LogP contribution in [0.3, 0.4) is 0 Å². The van der Waals surface area contributed by atoms with Gasteiger partial charge in [-0.05, 0) is 49.4 Å². The number of aryl methyl sites for hydroxylation is 1. The summed E-state index contributed by atoms with van der Waals surface area (Å²) in [6.07, 6.45) is 1.55. The van der Waals surface area contributed by atoms with Crippen LogP contribution in [0.15, 0.2) is 57.7 Å². The van der Waals surface area contributed by atoms with Gasteiger partial charge in [0.2, 0.25) is 0 Å². The third kappa shape index (κ3) is 3.78. The van der Waals surface area contributed by atoms with E-state index in [1.54, 1.807) is 42.5 Å². The molecule has 0 bridgehead atoms. The van der Waals surface area contributed by atoms with E-state index in [1.165, 1.54) is 6.92 Å². The first-order chi connectivity index (χ1) is 14.4. The van der Waals surface area contributed by atoms with Gasteiger partial charge in [-0.1, -0.05) is 30.3 Å². The summed E-state index contributed by atoms with van der Waals surface area (Å²) in [5, 5.41) is 12.8. The first kappa shape index (κ1) is 19.7. The second kappa shape index (κ2) is 8.02. The minimum Gasteiger partial charge on any atom is -0.481 e. The fraction of sp³-hybridized carbons (Fsp3) is 0.261. The predicted octanol–water partition coefficient (Wildman–Crippen LogP) is 2.99. The highest BCUT2D eigenvalue weighted by Gasteiger charge is 2.26. The molecule has 154 valence electrons. The van der Waals surface area contributed by atoms with E-state index in [4.69, 9.17) is 9.15 Å². The summed E-state index contributed by atoms with van der Waals surface area (Å²) in [5.41, 5.74) is 2.31. The molecule has 0 aliphatic heterocycles. The number of hydrogen-bond acceptors (Lipinski definition) is 5. The van der Waals surface area contributed by atoms with Crippen molar-refractivity contribution < 1.29 is 23.8 Å². The lowest BCUT2D eigenvalue weighted by atomic mass is 10.1. The van der Waals surface area contributed by atoms with Gasteiger partial charge in [-0.15, -0.1) is 0 Å².